The van der Waals surface area contributed by atoms with Crippen molar-refractivity contribution < 1.29 is 23.4 Å². The fourth-order valence-corrected chi connectivity index (χ4v) is 2.79. The van der Waals surface area contributed by atoms with E-state index in [1.54, 1.807) is 6.92 Å². The number of carbonyl (C=O) groups is 1. The molecule has 4 nitrogen and oxygen atoms in total. The van der Waals surface area contributed by atoms with E-state index in [1.807, 2.05) is 4.90 Å². The molecule has 1 fully saturated rings. The van der Waals surface area contributed by atoms with E-state index in [2.05, 4.69) is 0 Å². The van der Waals surface area contributed by atoms with E-state index in [1.165, 1.54) is 6.92 Å². The maximum absolute atomic E-state index is 14.3. The van der Waals surface area contributed by atoms with Crippen molar-refractivity contribution in [1.29, 1.82) is 0 Å². The van der Waals surface area contributed by atoms with E-state index in [9.17, 15) is 18.7 Å². The Balaban J connectivity index is 2.48. The fraction of sp³-hybridized carbons (Fsp3) is 0.533. The number of rotatable bonds is 4. The number of aliphatic carboxylic acids is 1. The molecule has 0 amide bonds. The molecule has 1 aliphatic rings. The molecule has 1 unspecified atom stereocenters. The summed E-state index contributed by atoms with van der Waals surface area (Å²) in [5, 5.41) is 9.18. The first kappa shape index (κ1) is 15.9. The average Bonchev–Trinajstić information content (AvgIpc) is 2.43. The van der Waals surface area contributed by atoms with Crippen LogP contribution in [0.25, 0.3) is 0 Å². The highest BCUT2D eigenvalue weighted by molar-refractivity contribution is 5.69. The lowest BCUT2D eigenvalue weighted by Gasteiger charge is -2.43. The van der Waals surface area contributed by atoms with Gasteiger partial charge in [0.15, 0.2) is 0 Å². The number of carboxylic acid groups (broad SMARTS) is 1. The Kier molecular flexibility index (Phi) is 4.58. The molecule has 1 heterocycles. The van der Waals surface area contributed by atoms with E-state index in [4.69, 9.17) is 4.74 Å². The van der Waals surface area contributed by atoms with Crippen molar-refractivity contribution in [2.45, 2.75) is 25.8 Å². The summed E-state index contributed by atoms with van der Waals surface area (Å²) in [6.07, 6.45) is -0.299. The van der Waals surface area contributed by atoms with Crippen molar-refractivity contribution in [3.05, 3.63) is 34.9 Å². The summed E-state index contributed by atoms with van der Waals surface area (Å²) < 4.78 is 33.4. The Labute approximate surface area is 122 Å². The summed E-state index contributed by atoms with van der Waals surface area (Å²) in [6, 6.07) is 2.23. The third-order valence-corrected chi connectivity index (χ3v) is 4.03. The molecule has 21 heavy (non-hydrogen) atoms. The first-order valence-corrected chi connectivity index (χ1v) is 6.85. The van der Waals surface area contributed by atoms with Gasteiger partial charge in [-0.25, -0.2) is 8.78 Å². The quantitative estimate of drug-likeness (QED) is 0.927. The maximum Gasteiger partial charge on any atom is 0.305 e. The Hall–Kier alpha value is -1.53. The fourth-order valence-electron chi connectivity index (χ4n) is 2.79. The van der Waals surface area contributed by atoms with E-state index >= 15 is 0 Å². The number of morpholine rings is 1. The molecule has 1 aromatic rings. The normalized spacial score (nSPS) is 19.2. The number of ether oxygens (including phenoxy) is 1. The summed E-state index contributed by atoms with van der Waals surface area (Å²) in [6.45, 7) is 4.98. The molecule has 0 aromatic heterocycles. The molecular weight excluding hydrogens is 280 g/mol. The standard InChI is InChI=1S/C15H19F2NO3/c1-10-7-13(17)11(8-12(10)16)15(2,9-14(19)20)18-3-5-21-6-4-18/h7-8H,3-6,9H2,1-2H3,(H,19,20). The lowest BCUT2D eigenvalue weighted by Crippen LogP contribution is -2.51. The summed E-state index contributed by atoms with van der Waals surface area (Å²) in [5.41, 5.74) is -0.820. The molecule has 0 saturated carbocycles. The van der Waals surface area contributed by atoms with E-state index in [0.717, 1.165) is 12.1 Å². The van der Waals surface area contributed by atoms with Crippen LogP contribution < -0.4 is 0 Å². The second-order valence-corrected chi connectivity index (χ2v) is 5.53. The van der Waals surface area contributed by atoms with Gasteiger partial charge >= 0.3 is 5.97 Å². The minimum atomic E-state index is -1.10. The number of halogens is 2. The monoisotopic (exact) mass is 299 g/mol. The molecule has 0 bridgehead atoms. The predicted octanol–water partition coefficient (Wildman–Crippen LogP) is 2.30. The summed E-state index contributed by atoms with van der Waals surface area (Å²) in [5.74, 6) is -2.16. The van der Waals surface area contributed by atoms with Crippen LogP contribution in [0.1, 0.15) is 24.5 Å². The van der Waals surface area contributed by atoms with Gasteiger partial charge in [-0.2, -0.15) is 0 Å². The van der Waals surface area contributed by atoms with Gasteiger partial charge in [0.05, 0.1) is 25.2 Å². The van der Waals surface area contributed by atoms with Crippen LogP contribution in [-0.4, -0.2) is 42.3 Å². The zero-order valence-electron chi connectivity index (χ0n) is 12.2. The second kappa shape index (κ2) is 6.07. The van der Waals surface area contributed by atoms with Gasteiger partial charge in [0.2, 0.25) is 0 Å². The lowest BCUT2D eigenvalue weighted by molar-refractivity contribution is -0.141. The van der Waals surface area contributed by atoms with Crippen LogP contribution in [0.2, 0.25) is 0 Å². The van der Waals surface area contributed by atoms with Crippen molar-refractivity contribution in [3.8, 4) is 0 Å². The number of benzene rings is 1. The van der Waals surface area contributed by atoms with Gasteiger partial charge in [-0.15, -0.1) is 0 Å². The Morgan fingerprint density at radius 3 is 2.52 bits per heavy atom. The van der Waals surface area contributed by atoms with Gasteiger partial charge in [-0.05, 0) is 31.5 Å². The maximum atomic E-state index is 14.3. The summed E-state index contributed by atoms with van der Waals surface area (Å²) in [4.78, 5) is 13.1. The second-order valence-electron chi connectivity index (χ2n) is 5.53. The molecule has 0 radical (unpaired) electrons. The Morgan fingerprint density at radius 1 is 1.33 bits per heavy atom. The van der Waals surface area contributed by atoms with Crippen molar-refractivity contribution in [2.24, 2.45) is 0 Å². The predicted molar refractivity (Wildman–Crippen MR) is 73.1 cm³/mol. The molecule has 1 aromatic carbocycles. The van der Waals surface area contributed by atoms with Gasteiger partial charge in [-0.1, -0.05) is 0 Å². The first-order chi connectivity index (χ1) is 9.84. The zero-order chi connectivity index (χ0) is 15.6. The van der Waals surface area contributed by atoms with Crippen molar-refractivity contribution in [3.63, 3.8) is 0 Å². The topological polar surface area (TPSA) is 49.8 Å². The van der Waals surface area contributed by atoms with Crippen LogP contribution in [0.4, 0.5) is 8.78 Å². The Morgan fingerprint density at radius 2 is 1.95 bits per heavy atom. The van der Waals surface area contributed by atoms with E-state index in [-0.39, 0.29) is 17.5 Å². The van der Waals surface area contributed by atoms with Crippen LogP contribution in [0.3, 0.4) is 0 Å². The minimum Gasteiger partial charge on any atom is -0.481 e. The molecule has 1 atom stereocenters. The summed E-state index contributed by atoms with van der Waals surface area (Å²) in [7, 11) is 0. The van der Waals surface area contributed by atoms with E-state index in [0.29, 0.717) is 26.3 Å². The first-order valence-electron chi connectivity index (χ1n) is 6.85. The number of aryl methyl sites for hydroxylation is 1. The minimum absolute atomic E-state index is 0.0786. The van der Waals surface area contributed by atoms with Crippen LogP contribution >= 0.6 is 0 Å². The van der Waals surface area contributed by atoms with Gasteiger partial charge in [0, 0.05) is 18.7 Å². The number of hydrogen-bond donors (Lipinski definition) is 1. The molecule has 1 saturated heterocycles. The highest BCUT2D eigenvalue weighted by Gasteiger charge is 2.39. The molecule has 0 aliphatic carbocycles. The van der Waals surface area contributed by atoms with Crippen molar-refractivity contribution in [2.75, 3.05) is 26.3 Å². The SMILES string of the molecule is Cc1cc(F)c(C(C)(CC(=O)O)N2CCOCC2)cc1F. The van der Waals surface area contributed by atoms with Crippen molar-refractivity contribution in [1.82, 2.24) is 4.90 Å². The molecule has 1 N–H and O–H groups in total. The molecule has 0 spiro atoms. The molecular formula is C15H19F2NO3. The smallest absolute Gasteiger partial charge is 0.305 e. The van der Waals surface area contributed by atoms with Gasteiger partial charge in [-0.3, -0.25) is 9.69 Å². The van der Waals surface area contributed by atoms with Gasteiger partial charge < -0.3 is 9.84 Å². The van der Waals surface area contributed by atoms with E-state index < -0.39 is 23.1 Å². The molecule has 6 heteroatoms. The van der Waals surface area contributed by atoms with Crippen molar-refractivity contribution >= 4 is 5.97 Å². The highest BCUT2D eigenvalue weighted by Crippen LogP contribution is 2.35. The number of hydrogen-bond acceptors (Lipinski definition) is 3. The van der Waals surface area contributed by atoms with Crippen LogP contribution in [0.15, 0.2) is 12.1 Å². The number of carboxylic acids is 1. The summed E-state index contributed by atoms with van der Waals surface area (Å²) >= 11 is 0. The lowest BCUT2D eigenvalue weighted by atomic mass is 9.85. The van der Waals surface area contributed by atoms with Crippen LogP contribution in [0.5, 0.6) is 0 Å². The van der Waals surface area contributed by atoms with Gasteiger partial charge in [0.25, 0.3) is 0 Å². The number of nitrogens with zero attached hydrogens (tertiary/aromatic N) is 1. The third kappa shape index (κ3) is 3.22. The average molecular weight is 299 g/mol. The third-order valence-electron chi connectivity index (χ3n) is 4.03. The molecule has 116 valence electrons. The van der Waals surface area contributed by atoms with Crippen LogP contribution in [-0.2, 0) is 15.1 Å². The van der Waals surface area contributed by atoms with Crippen LogP contribution in [0, 0.1) is 18.6 Å². The Bertz CT molecular complexity index is 544. The van der Waals surface area contributed by atoms with Gasteiger partial charge in [0.1, 0.15) is 11.6 Å². The molecule has 1 aliphatic heterocycles. The largest absolute Gasteiger partial charge is 0.481 e. The zero-order valence-corrected chi connectivity index (χ0v) is 12.2. The highest BCUT2D eigenvalue weighted by atomic mass is 19.1. The molecule has 2 rings (SSSR count).